The van der Waals surface area contributed by atoms with Crippen LogP contribution in [0.2, 0.25) is 0 Å². The summed E-state index contributed by atoms with van der Waals surface area (Å²) >= 11 is 0. The lowest BCUT2D eigenvalue weighted by Gasteiger charge is -2.34. The third kappa shape index (κ3) is 3.35. The first-order valence-electron chi connectivity index (χ1n) is 8.56. The third-order valence-corrected chi connectivity index (χ3v) is 5.03. The topological polar surface area (TPSA) is 41.4 Å². The number of carbonyl (C=O) groups excluding carboxylic acids is 1. The van der Waals surface area contributed by atoms with Crippen molar-refractivity contribution in [2.45, 2.75) is 39.2 Å². The molecule has 5 nitrogen and oxygen atoms in total. The zero-order valence-corrected chi connectivity index (χ0v) is 14.0. The molecule has 5 heteroatoms. The number of hydrogen-bond donors (Lipinski definition) is 0. The minimum atomic E-state index is 0.124. The lowest BCUT2D eigenvalue weighted by atomic mass is 10.0. The van der Waals surface area contributed by atoms with Crippen LogP contribution in [-0.2, 0) is 7.05 Å². The number of amides is 1. The summed E-state index contributed by atoms with van der Waals surface area (Å²) in [6.07, 6.45) is 7.22. The maximum absolute atomic E-state index is 12.8. The summed E-state index contributed by atoms with van der Waals surface area (Å²) in [5.41, 5.74) is 0.693. The second-order valence-electron chi connectivity index (χ2n) is 7.24. The molecule has 0 bridgehead atoms. The zero-order valence-electron chi connectivity index (χ0n) is 14.0. The van der Waals surface area contributed by atoms with E-state index in [0.29, 0.717) is 17.7 Å². The average molecular weight is 304 g/mol. The molecule has 1 saturated carbocycles. The molecular weight excluding hydrogens is 276 g/mol. The Morgan fingerprint density at radius 3 is 2.73 bits per heavy atom. The average Bonchev–Trinajstić information content (AvgIpc) is 3.23. The van der Waals surface area contributed by atoms with E-state index in [1.165, 1.54) is 19.4 Å². The van der Waals surface area contributed by atoms with Gasteiger partial charge in [0, 0.05) is 39.3 Å². The Hall–Kier alpha value is -1.36. The van der Waals surface area contributed by atoms with Gasteiger partial charge in [-0.1, -0.05) is 13.8 Å². The van der Waals surface area contributed by atoms with Crippen LogP contribution in [-0.4, -0.2) is 57.5 Å². The maximum Gasteiger partial charge on any atom is 0.272 e. The molecule has 1 aliphatic carbocycles. The predicted molar refractivity (Wildman–Crippen MR) is 86.7 cm³/mol. The number of carbonyl (C=O) groups is 1. The van der Waals surface area contributed by atoms with Gasteiger partial charge < -0.3 is 9.47 Å². The van der Waals surface area contributed by atoms with Crippen LogP contribution in [0.4, 0.5) is 0 Å². The van der Waals surface area contributed by atoms with Crippen LogP contribution >= 0.6 is 0 Å². The standard InChI is InChI=1S/C17H28N4O/c1-13(2)16-11-21(17(22)15-9-18-12-19(15)3)8-4-7-20(16)10-14-5-6-14/h9,12-14,16H,4-8,10-11H2,1-3H3. The highest BCUT2D eigenvalue weighted by molar-refractivity contribution is 5.92. The van der Waals surface area contributed by atoms with Crippen LogP contribution in [0.5, 0.6) is 0 Å². The summed E-state index contributed by atoms with van der Waals surface area (Å²) in [5, 5.41) is 0. The van der Waals surface area contributed by atoms with Gasteiger partial charge in [-0.15, -0.1) is 0 Å². The summed E-state index contributed by atoms with van der Waals surface area (Å²) in [6, 6.07) is 0.472. The molecule has 1 unspecified atom stereocenters. The normalized spacial score (nSPS) is 23.8. The molecule has 1 aromatic rings. The minimum Gasteiger partial charge on any atom is -0.336 e. The number of imidazole rings is 1. The Bertz CT molecular complexity index is 520. The predicted octanol–water partition coefficient (Wildman–Crippen LogP) is 2.00. The molecular formula is C17H28N4O. The molecule has 122 valence electrons. The van der Waals surface area contributed by atoms with E-state index >= 15 is 0 Å². The van der Waals surface area contributed by atoms with Crippen LogP contribution < -0.4 is 0 Å². The van der Waals surface area contributed by atoms with Gasteiger partial charge in [0.25, 0.3) is 5.91 Å². The molecule has 1 atom stereocenters. The fraction of sp³-hybridized carbons (Fsp3) is 0.765. The summed E-state index contributed by atoms with van der Waals surface area (Å²) in [7, 11) is 1.89. The Kier molecular flexibility index (Phi) is 4.52. The van der Waals surface area contributed by atoms with E-state index in [-0.39, 0.29) is 5.91 Å². The van der Waals surface area contributed by atoms with E-state index in [1.54, 1.807) is 12.5 Å². The molecule has 3 rings (SSSR count). The number of rotatable bonds is 4. The summed E-state index contributed by atoms with van der Waals surface area (Å²) in [6.45, 7) is 8.60. The van der Waals surface area contributed by atoms with E-state index in [4.69, 9.17) is 0 Å². The number of hydrogen-bond acceptors (Lipinski definition) is 3. The lowest BCUT2D eigenvalue weighted by molar-refractivity contribution is 0.0695. The van der Waals surface area contributed by atoms with Crippen molar-refractivity contribution in [3.63, 3.8) is 0 Å². The molecule has 22 heavy (non-hydrogen) atoms. The summed E-state index contributed by atoms with van der Waals surface area (Å²) < 4.78 is 1.82. The molecule has 0 radical (unpaired) electrons. The van der Waals surface area contributed by atoms with Gasteiger partial charge in [-0.2, -0.15) is 0 Å². The van der Waals surface area contributed by atoms with Gasteiger partial charge in [-0.25, -0.2) is 4.98 Å². The first-order valence-corrected chi connectivity index (χ1v) is 8.56. The first-order chi connectivity index (χ1) is 10.6. The van der Waals surface area contributed by atoms with Crippen LogP contribution in [0.3, 0.4) is 0 Å². The fourth-order valence-corrected chi connectivity index (χ4v) is 3.46. The molecule has 1 amide bonds. The van der Waals surface area contributed by atoms with Crippen molar-refractivity contribution in [2.24, 2.45) is 18.9 Å². The molecule has 0 aromatic carbocycles. The largest absolute Gasteiger partial charge is 0.336 e. The second-order valence-corrected chi connectivity index (χ2v) is 7.24. The zero-order chi connectivity index (χ0) is 15.7. The van der Waals surface area contributed by atoms with Gasteiger partial charge in [0.2, 0.25) is 0 Å². The Balaban J connectivity index is 1.73. The van der Waals surface area contributed by atoms with E-state index in [9.17, 15) is 4.79 Å². The van der Waals surface area contributed by atoms with Crippen LogP contribution in [0.25, 0.3) is 0 Å². The molecule has 0 spiro atoms. The third-order valence-electron chi connectivity index (χ3n) is 5.03. The van der Waals surface area contributed by atoms with Crippen molar-refractivity contribution < 1.29 is 4.79 Å². The molecule has 2 heterocycles. The molecule has 2 aliphatic rings. The van der Waals surface area contributed by atoms with Gasteiger partial charge >= 0.3 is 0 Å². The fourth-order valence-electron chi connectivity index (χ4n) is 3.46. The number of aromatic nitrogens is 2. The van der Waals surface area contributed by atoms with Crippen LogP contribution in [0.1, 0.15) is 43.6 Å². The quantitative estimate of drug-likeness (QED) is 0.854. The van der Waals surface area contributed by atoms with E-state index < -0.39 is 0 Å². The number of nitrogens with zero attached hydrogens (tertiary/aromatic N) is 4. The molecule has 1 saturated heterocycles. The minimum absolute atomic E-state index is 0.124. The molecule has 1 aliphatic heterocycles. The van der Waals surface area contributed by atoms with Crippen LogP contribution in [0, 0.1) is 11.8 Å². The highest BCUT2D eigenvalue weighted by Gasteiger charge is 2.33. The highest BCUT2D eigenvalue weighted by Crippen LogP contribution is 2.32. The Labute approximate surface area is 133 Å². The van der Waals surface area contributed by atoms with Gasteiger partial charge in [-0.3, -0.25) is 9.69 Å². The van der Waals surface area contributed by atoms with Gasteiger partial charge in [-0.05, 0) is 31.1 Å². The van der Waals surface area contributed by atoms with Crippen molar-refractivity contribution in [2.75, 3.05) is 26.2 Å². The van der Waals surface area contributed by atoms with E-state index in [2.05, 4.69) is 23.7 Å². The molecule has 1 aromatic heterocycles. The van der Waals surface area contributed by atoms with Crippen molar-refractivity contribution in [3.8, 4) is 0 Å². The summed E-state index contributed by atoms with van der Waals surface area (Å²) in [4.78, 5) is 21.5. The SMILES string of the molecule is CC(C)C1CN(C(=O)c2cncn2C)CCCN1CC1CC1. The molecule has 2 fully saturated rings. The van der Waals surface area contributed by atoms with Crippen molar-refractivity contribution >= 4 is 5.91 Å². The monoisotopic (exact) mass is 304 g/mol. The molecule has 0 N–H and O–H groups in total. The maximum atomic E-state index is 12.8. The van der Waals surface area contributed by atoms with Gasteiger partial charge in [0.1, 0.15) is 5.69 Å². The first kappa shape index (κ1) is 15.5. The van der Waals surface area contributed by atoms with Gasteiger partial charge in [0.05, 0.1) is 12.5 Å². The van der Waals surface area contributed by atoms with Gasteiger partial charge in [0.15, 0.2) is 0 Å². The van der Waals surface area contributed by atoms with E-state index in [1.807, 2.05) is 16.5 Å². The van der Waals surface area contributed by atoms with E-state index in [0.717, 1.165) is 32.0 Å². The van der Waals surface area contributed by atoms with Crippen molar-refractivity contribution in [3.05, 3.63) is 18.2 Å². The van der Waals surface area contributed by atoms with Crippen molar-refractivity contribution in [1.82, 2.24) is 19.4 Å². The summed E-state index contributed by atoms with van der Waals surface area (Å²) in [5.74, 6) is 1.60. The van der Waals surface area contributed by atoms with Crippen LogP contribution in [0.15, 0.2) is 12.5 Å². The highest BCUT2D eigenvalue weighted by atomic mass is 16.2. The lowest BCUT2D eigenvalue weighted by Crippen LogP contribution is -2.46. The smallest absolute Gasteiger partial charge is 0.272 e. The Morgan fingerprint density at radius 2 is 2.14 bits per heavy atom. The number of aryl methyl sites for hydroxylation is 1. The Morgan fingerprint density at radius 1 is 1.36 bits per heavy atom. The second kappa shape index (κ2) is 6.41. The van der Waals surface area contributed by atoms with Crippen molar-refractivity contribution in [1.29, 1.82) is 0 Å².